The first-order chi connectivity index (χ1) is 9.61. The molecular weight excluding hydrogens is 246 g/mol. The zero-order valence-electron chi connectivity index (χ0n) is 12.3. The van der Waals surface area contributed by atoms with E-state index in [4.69, 9.17) is 5.73 Å². The third kappa shape index (κ3) is 2.72. The second-order valence-corrected chi connectivity index (χ2v) is 6.40. The summed E-state index contributed by atoms with van der Waals surface area (Å²) in [5.74, 6) is 1.60. The highest BCUT2D eigenvalue weighted by atomic mass is 15.3. The average molecular weight is 269 g/mol. The molecule has 1 heterocycles. The van der Waals surface area contributed by atoms with Gasteiger partial charge in [-0.25, -0.2) is 0 Å². The normalized spacial score (nSPS) is 26.6. The molecule has 0 spiro atoms. The van der Waals surface area contributed by atoms with E-state index in [0.717, 1.165) is 17.5 Å². The Morgan fingerprint density at radius 3 is 2.30 bits per heavy atom. The lowest BCUT2D eigenvalue weighted by Crippen LogP contribution is -2.22. The van der Waals surface area contributed by atoms with Gasteiger partial charge in [-0.1, -0.05) is 26.0 Å². The summed E-state index contributed by atoms with van der Waals surface area (Å²) in [6, 6.07) is 8.55. The van der Waals surface area contributed by atoms with E-state index < -0.39 is 0 Å². The molecule has 3 nitrogen and oxygen atoms in total. The number of nitrogens with zero attached hydrogens (tertiary/aromatic N) is 2. The Bertz CT molecular complexity index is 560. The predicted octanol–water partition coefficient (Wildman–Crippen LogP) is 4.13. The molecule has 1 aliphatic rings. The molecule has 0 radical (unpaired) electrons. The molecule has 2 N–H and O–H groups in total. The fourth-order valence-electron chi connectivity index (χ4n) is 3.48. The Morgan fingerprint density at radius 2 is 1.65 bits per heavy atom. The zero-order chi connectivity index (χ0) is 14.1. The first-order valence-electron chi connectivity index (χ1n) is 7.52. The van der Waals surface area contributed by atoms with Gasteiger partial charge in [-0.2, -0.15) is 5.10 Å². The van der Waals surface area contributed by atoms with Crippen molar-refractivity contribution in [3.8, 4) is 11.1 Å². The summed E-state index contributed by atoms with van der Waals surface area (Å²) >= 11 is 0. The van der Waals surface area contributed by atoms with Gasteiger partial charge in [0.25, 0.3) is 0 Å². The quantitative estimate of drug-likeness (QED) is 0.833. The largest absolute Gasteiger partial charge is 0.399 e. The van der Waals surface area contributed by atoms with Gasteiger partial charge < -0.3 is 5.73 Å². The van der Waals surface area contributed by atoms with Crippen LogP contribution in [0, 0.1) is 11.8 Å². The average Bonchev–Trinajstić information content (AvgIpc) is 2.88. The van der Waals surface area contributed by atoms with E-state index in [1.807, 2.05) is 18.3 Å². The van der Waals surface area contributed by atoms with Gasteiger partial charge in [-0.15, -0.1) is 0 Å². The monoisotopic (exact) mass is 269 g/mol. The van der Waals surface area contributed by atoms with Crippen LogP contribution in [0.1, 0.15) is 39.2 Å². The molecule has 1 aromatic heterocycles. The molecule has 20 heavy (non-hydrogen) atoms. The van der Waals surface area contributed by atoms with Gasteiger partial charge in [-0.05, 0) is 48.8 Å². The Labute approximate surface area is 120 Å². The Kier molecular flexibility index (Phi) is 3.51. The summed E-state index contributed by atoms with van der Waals surface area (Å²) in [5, 5.41) is 4.59. The molecule has 1 aromatic carbocycles. The summed E-state index contributed by atoms with van der Waals surface area (Å²) in [6.45, 7) is 4.71. The number of benzene rings is 1. The van der Waals surface area contributed by atoms with Crippen molar-refractivity contribution in [2.45, 2.75) is 39.2 Å². The molecule has 0 bridgehead atoms. The van der Waals surface area contributed by atoms with Gasteiger partial charge in [-0.3, -0.25) is 4.68 Å². The maximum absolute atomic E-state index is 5.74. The van der Waals surface area contributed by atoms with Crippen LogP contribution in [0.15, 0.2) is 36.7 Å². The van der Waals surface area contributed by atoms with E-state index in [0.29, 0.717) is 6.04 Å². The number of hydrogen-bond acceptors (Lipinski definition) is 2. The van der Waals surface area contributed by atoms with E-state index in [-0.39, 0.29) is 0 Å². The van der Waals surface area contributed by atoms with E-state index in [9.17, 15) is 0 Å². The highest BCUT2D eigenvalue weighted by molar-refractivity contribution is 5.63. The summed E-state index contributed by atoms with van der Waals surface area (Å²) in [7, 11) is 0. The van der Waals surface area contributed by atoms with Gasteiger partial charge in [0, 0.05) is 17.4 Å². The molecular formula is C17H23N3. The third-order valence-electron chi connectivity index (χ3n) is 4.37. The number of anilines is 1. The Hall–Kier alpha value is -1.77. The molecule has 3 rings (SSSR count). The standard InChI is InChI=1S/C17H23N3/c1-12-7-13(2)9-17(8-12)20-11-15(10-19-20)14-3-5-16(18)6-4-14/h3-6,10-13,17H,7-9,18H2,1-2H3. The molecule has 3 heteroatoms. The number of rotatable bonds is 2. The van der Waals surface area contributed by atoms with E-state index in [1.165, 1.54) is 30.4 Å². The van der Waals surface area contributed by atoms with Crippen LogP contribution in [0.4, 0.5) is 5.69 Å². The third-order valence-corrected chi connectivity index (χ3v) is 4.37. The van der Waals surface area contributed by atoms with Crippen molar-refractivity contribution in [2.24, 2.45) is 11.8 Å². The van der Waals surface area contributed by atoms with E-state index >= 15 is 0 Å². The van der Waals surface area contributed by atoms with Crippen LogP contribution in [0.5, 0.6) is 0 Å². The number of nitrogens with two attached hydrogens (primary N) is 1. The number of nitrogen functional groups attached to an aromatic ring is 1. The first kappa shape index (κ1) is 13.2. The number of aromatic nitrogens is 2. The first-order valence-corrected chi connectivity index (χ1v) is 7.52. The van der Waals surface area contributed by atoms with Crippen LogP contribution in [-0.2, 0) is 0 Å². The summed E-state index contributed by atoms with van der Waals surface area (Å²) in [6.07, 6.45) is 7.99. The van der Waals surface area contributed by atoms with E-state index in [2.05, 4.69) is 42.0 Å². The molecule has 2 aromatic rings. The molecule has 0 aliphatic heterocycles. The van der Waals surface area contributed by atoms with Crippen molar-refractivity contribution in [3.05, 3.63) is 36.7 Å². The SMILES string of the molecule is CC1CC(C)CC(n2cc(-c3ccc(N)cc3)cn2)C1. The molecule has 106 valence electrons. The van der Waals surface area contributed by atoms with Gasteiger partial charge >= 0.3 is 0 Å². The molecule has 0 saturated heterocycles. The minimum atomic E-state index is 0.552. The lowest BCUT2D eigenvalue weighted by molar-refractivity contribution is 0.210. The fourth-order valence-corrected chi connectivity index (χ4v) is 3.48. The van der Waals surface area contributed by atoms with Crippen LogP contribution in [0.2, 0.25) is 0 Å². The summed E-state index contributed by atoms with van der Waals surface area (Å²) < 4.78 is 2.16. The molecule has 1 saturated carbocycles. The second-order valence-electron chi connectivity index (χ2n) is 6.40. The minimum absolute atomic E-state index is 0.552. The molecule has 0 amide bonds. The minimum Gasteiger partial charge on any atom is -0.399 e. The van der Waals surface area contributed by atoms with Crippen molar-refractivity contribution in [3.63, 3.8) is 0 Å². The van der Waals surface area contributed by atoms with Crippen LogP contribution in [0.25, 0.3) is 11.1 Å². The zero-order valence-corrected chi connectivity index (χ0v) is 12.3. The maximum Gasteiger partial charge on any atom is 0.0568 e. The van der Waals surface area contributed by atoms with Crippen molar-refractivity contribution in [1.82, 2.24) is 9.78 Å². The smallest absolute Gasteiger partial charge is 0.0568 e. The Balaban J connectivity index is 1.81. The molecule has 1 fully saturated rings. The van der Waals surface area contributed by atoms with Crippen LogP contribution >= 0.6 is 0 Å². The van der Waals surface area contributed by atoms with Crippen molar-refractivity contribution in [1.29, 1.82) is 0 Å². The predicted molar refractivity (Wildman–Crippen MR) is 83.3 cm³/mol. The van der Waals surface area contributed by atoms with Crippen molar-refractivity contribution < 1.29 is 0 Å². The lowest BCUT2D eigenvalue weighted by Gasteiger charge is -2.31. The van der Waals surface area contributed by atoms with Crippen molar-refractivity contribution in [2.75, 3.05) is 5.73 Å². The Morgan fingerprint density at radius 1 is 1.00 bits per heavy atom. The topological polar surface area (TPSA) is 43.8 Å². The molecule has 1 aliphatic carbocycles. The molecule has 2 atom stereocenters. The van der Waals surface area contributed by atoms with Crippen LogP contribution in [-0.4, -0.2) is 9.78 Å². The van der Waals surface area contributed by atoms with Crippen LogP contribution in [0.3, 0.4) is 0 Å². The van der Waals surface area contributed by atoms with Gasteiger partial charge in [0.2, 0.25) is 0 Å². The number of hydrogen-bond donors (Lipinski definition) is 1. The van der Waals surface area contributed by atoms with Crippen LogP contribution < -0.4 is 5.73 Å². The highest BCUT2D eigenvalue weighted by Crippen LogP contribution is 2.36. The molecule has 2 unspecified atom stereocenters. The lowest BCUT2D eigenvalue weighted by atomic mass is 9.80. The van der Waals surface area contributed by atoms with Gasteiger partial charge in [0.15, 0.2) is 0 Å². The van der Waals surface area contributed by atoms with Gasteiger partial charge in [0.1, 0.15) is 0 Å². The van der Waals surface area contributed by atoms with Crippen molar-refractivity contribution >= 4 is 5.69 Å². The summed E-state index contributed by atoms with van der Waals surface area (Å²) in [5.41, 5.74) is 8.90. The fraction of sp³-hybridized carbons (Fsp3) is 0.471. The second kappa shape index (κ2) is 5.31. The highest BCUT2D eigenvalue weighted by Gasteiger charge is 2.25. The maximum atomic E-state index is 5.74. The van der Waals surface area contributed by atoms with E-state index in [1.54, 1.807) is 0 Å². The van der Waals surface area contributed by atoms with Gasteiger partial charge in [0.05, 0.1) is 12.2 Å². The summed E-state index contributed by atoms with van der Waals surface area (Å²) in [4.78, 5) is 0.